The Hall–Kier alpha value is -0.450. The molecular formula is C8H8BrCl2N3. The Morgan fingerprint density at radius 2 is 2.07 bits per heavy atom. The highest BCUT2D eigenvalue weighted by atomic mass is 79.9. The van der Waals surface area contributed by atoms with E-state index in [0.717, 1.165) is 11.3 Å². The second-order valence-electron chi connectivity index (χ2n) is 2.71. The van der Waals surface area contributed by atoms with Gasteiger partial charge in [0.1, 0.15) is 0 Å². The molecule has 0 saturated heterocycles. The monoisotopic (exact) mass is 295 g/mol. The normalized spacial score (nSPS) is 13.4. The lowest BCUT2D eigenvalue weighted by molar-refractivity contribution is 0.882. The summed E-state index contributed by atoms with van der Waals surface area (Å²) in [7, 11) is 0. The number of nitrogens with zero attached hydrogens (tertiary/aromatic N) is 1. The predicted molar refractivity (Wildman–Crippen MR) is 64.9 cm³/mol. The minimum Gasteiger partial charge on any atom is -0.370 e. The van der Waals surface area contributed by atoms with Gasteiger partial charge in [0.2, 0.25) is 0 Å². The molecule has 1 aromatic rings. The van der Waals surface area contributed by atoms with Crippen LogP contribution in [0.25, 0.3) is 0 Å². The molecule has 14 heavy (non-hydrogen) atoms. The molecule has 1 heterocycles. The van der Waals surface area contributed by atoms with Crippen LogP contribution in [0, 0.1) is 0 Å². The van der Waals surface area contributed by atoms with Gasteiger partial charge in [0.05, 0.1) is 15.7 Å². The largest absolute Gasteiger partial charge is 0.370 e. The molecular weight excluding hydrogens is 289 g/mol. The number of hydrogen-bond donors (Lipinski definition) is 2. The van der Waals surface area contributed by atoms with Crippen LogP contribution >= 0.6 is 40.2 Å². The van der Waals surface area contributed by atoms with E-state index in [4.69, 9.17) is 28.9 Å². The fourth-order valence-electron chi connectivity index (χ4n) is 1.20. The fraction of sp³-hybridized carbons (Fsp3) is 0.125. The molecule has 3 nitrogen and oxygen atoms in total. The lowest BCUT2D eigenvalue weighted by atomic mass is 10.1. The number of rotatable bonds is 0. The average Bonchev–Trinajstić information content (AvgIpc) is 2.12. The number of fused-ring (bicyclic) bond motifs is 1. The van der Waals surface area contributed by atoms with Crippen LogP contribution in [0.5, 0.6) is 0 Å². The van der Waals surface area contributed by atoms with E-state index in [1.54, 1.807) is 12.1 Å². The molecule has 0 amide bonds. The van der Waals surface area contributed by atoms with Crippen molar-refractivity contribution >= 4 is 51.8 Å². The standard InChI is InChI=1S/C8H7Cl2N3.BrH/c9-5-1-2-6-4(7(5)10)3-12-8(11)13-6;/h1-2H,3H2,(H3,11,12,13);1H. The number of nitrogens with two attached hydrogens (primary N) is 1. The summed E-state index contributed by atoms with van der Waals surface area (Å²) in [5.41, 5.74) is 7.18. The molecule has 0 unspecified atom stereocenters. The zero-order valence-corrected chi connectivity index (χ0v) is 10.3. The van der Waals surface area contributed by atoms with Crippen LogP contribution in [0.1, 0.15) is 5.56 Å². The molecule has 0 aliphatic carbocycles. The number of guanidine groups is 1. The highest BCUT2D eigenvalue weighted by Gasteiger charge is 2.14. The van der Waals surface area contributed by atoms with Gasteiger partial charge in [-0.05, 0) is 12.1 Å². The Morgan fingerprint density at radius 1 is 1.36 bits per heavy atom. The summed E-state index contributed by atoms with van der Waals surface area (Å²) in [4.78, 5) is 4.09. The van der Waals surface area contributed by atoms with Crippen LogP contribution in [0.15, 0.2) is 17.1 Å². The first kappa shape index (κ1) is 11.6. The summed E-state index contributed by atoms with van der Waals surface area (Å²) in [5.74, 6) is 0.408. The molecule has 1 aromatic carbocycles. The number of halogens is 3. The molecule has 0 spiro atoms. The number of nitrogens with one attached hydrogen (secondary N) is 1. The Bertz CT molecular complexity index is 392. The molecule has 76 valence electrons. The van der Waals surface area contributed by atoms with Gasteiger partial charge < -0.3 is 11.1 Å². The van der Waals surface area contributed by atoms with E-state index in [1.165, 1.54) is 0 Å². The van der Waals surface area contributed by atoms with Crippen LogP contribution in [0.4, 0.5) is 5.69 Å². The van der Waals surface area contributed by atoms with Crippen LogP contribution in [-0.4, -0.2) is 5.96 Å². The van der Waals surface area contributed by atoms with Gasteiger partial charge in [-0.15, -0.1) is 17.0 Å². The summed E-state index contributed by atoms with van der Waals surface area (Å²) in [6, 6.07) is 3.52. The van der Waals surface area contributed by atoms with Crippen molar-refractivity contribution in [1.29, 1.82) is 0 Å². The first-order valence-corrected chi connectivity index (χ1v) is 4.49. The molecule has 2 rings (SSSR count). The van der Waals surface area contributed by atoms with Crippen molar-refractivity contribution in [3.63, 3.8) is 0 Å². The van der Waals surface area contributed by atoms with E-state index in [1.807, 2.05) is 0 Å². The Morgan fingerprint density at radius 3 is 2.79 bits per heavy atom. The zero-order chi connectivity index (χ0) is 9.42. The van der Waals surface area contributed by atoms with Gasteiger partial charge in [0.25, 0.3) is 0 Å². The maximum absolute atomic E-state index is 5.98. The van der Waals surface area contributed by atoms with Gasteiger partial charge in [-0.2, -0.15) is 0 Å². The molecule has 0 aromatic heterocycles. The molecule has 0 atom stereocenters. The van der Waals surface area contributed by atoms with Crippen LogP contribution < -0.4 is 11.1 Å². The number of aliphatic imine (C=N–C) groups is 1. The topological polar surface area (TPSA) is 50.4 Å². The minimum atomic E-state index is 0. The molecule has 1 aliphatic rings. The fourth-order valence-corrected chi connectivity index (χ4v) is 1.61. The average molecular weight is 297 g/mol. The number of hydrogen-bond acceptors (Lipinski definition) is 3. The van der Waals surface area contributed by atoms with Gasteiger partial charge in [-0.25, -0.2) is 4.99 Å². The Kier molecular flexibility index (Phi) is 3.64. The molecule has 6 heteroatoms. The van der Waals surface area contributed by atoms with Crippen molar-refractivity contribution in [2.45, 2.75) is 6.54 Å². The second-order valence-corrected chi connectivity index (χ2v) is 3.49. The molecule has 0 saturated carbocycles. The zero-order valence-electron chi connectivity index (χ0n) is 7.05. The highest BCUT2D eigenvalue weighted by molar-refractivity contribution is 8.93. The molecule has 1 aliphatic heterocycles. The third-order valence-corrected chi connectivity index (χ3v) is 2.70. The molecule has 0 fully saturated rings. The first-order valence-electron chi connectivity index (χ1n) is 3.73. The van der Waals surface area contributed by atoms with Crippen molar-refractivity contribution in [1.82, 2.24) is 5.32 Å². The van der Waals surface area contributed by atoms with Crippen molar-refractivity contribution in [2.75, 3.05) is 0 Å². The third-order valence-electron chi connectivity index (χ3n) is 1.86. The van der Waals surface area contributed by atoms with Crippen molar-refractivity contribution in [2.24, 2.45) is 10.7 Å². The van der Waals surface area contributed by atoms with Crippen molar-refractivity contribution < 1.29 is 0 Å². The van der Waals surface area contributed by atoms with Crippen molar-refractivity contribution in [3.05, 3.63) is 27.7 Å². The van der Waals surface area contributed by atoms with Crippen LogP contribution in [0.3, 0.4) is 0 Å². The Labute approximate surface area is 102 Å². The van der Waals surface area contributed by atoms with Gasteiger partial charge in [-0.3, -0.25) is 0 Å². The first-order chi connectivity index (χ1) is 6.18. The molecule has 0 bridgehead atoms. The van der Waals surface area contributed by atoms with Crippen molar-refractivity contribution in [3.8, 4) is 0 Å². The van der Waals surface area contributed by atoms with Gasteiger partial charge in [0, 0.05) is 12.1 Å². The molecule has 0 radical (unpaired) electrons. The van der Waals surface area contributed by atoms with Gasteiger partial charge in [0.15, 0.2) is 5.96 Å². The van der Waals surface area contributed by atoms with Crippen LogP contribution in [-0.2, 0) is 6.54 Å². The second kappa shape index (κ2) is 4.38. The van der Waals surface area contributed by atoms with E-state index in [-0.39, 0.29) is 17.0 Å². The van der Waals surface area contributed by atoms with E-state index in [9.17, 15) is 0 Å². The maximum atomic E-state index is 5.98. The van der Waals surface area contributed by atoms with E-state index in [0.29, 0.717) is 22.5 Å². The van der Waals surface area contributed by atoms with E-state index >= 15 is 0 Å². The number of benzene rings is 1. The van der Waals surface area contributed by atoms with Gasteiger partial charge >= 0.3 is 0 Å². The van der Waals surface area contributed by atoms with E-state index in [2.05, 4.69) is 10.3 Å². The van der Waals surface area contributed by atoms with Gasteiger partial charge in [-0.1, -0.05) is 23.2 Å². The molecule has 3 N–H and O–H groups in total. The smallest absolute Gasteiger partial charge is 0.194 e. The summed E-state index contributed by atoms with van der Waals surface area (Å²) in [5, 5.41) is 3.97. The maximum Gasteiger partial charge on any atom is 0.194 e. The van der Waals surface area contributed by atoms with Crippen LogP contribution in [0.2, 0.25) is 10.0 Å². The van der Waals surface area contributed by atoms with E-state index < -0.39 is 0 Å². The SMILES string of the molecule is Br.NC1=Nc2ccc(Cl)c(Cl)c2CN1. The third kappa shape index (κ3) is 1.97. The summed E-state index contributed by atoms with van der Waals surface area (Å²) < 4.78 is 0. The summed E-state index contributed by atoms with van der Waals surface area (Å²) in [6.07, 6.45) is 0. The summed E-state index contributed by atoms with van der Waals surface area (Å²) in [6.45, 7) is 0.573. The lowest BCUT2D eigenvalue weighted by Gasteiger charge is -2.16. The minimum absolute atomic E-state index is 0. The summed E-state index contributed by atoms with van der Waals surface area (Å²) >= 11 is 11.8. The predicted octanol–water partition coefficient (Wildman–Crippen LogP) is 2.62. The Balaban J connectivity index is 0.000000980. The highest BCUT2D eigenvalue weighted by Crippen LogP contribution is 2.34. The lowest BCUT2D eigenvalue weighted by Crippen LogP contribution is -2.33. The quantitative estimate of drug-likeness (QED) is 0.773.